The van der Waals surface area contributed by atoms with Gasteiger partial charge in [0.25, 0.3) is 5.91 Å². The van der Waals surface area contributed by atoms with Crippen LogP contribution < -0.4 is 5.32 Å². The van der Waals surface area contributed by atoms with Crippen molar-refractivity contribution in [2.45, 2.75) is 62.6 Å². The Bertz CT molecular complexity index is 1650. The van der Waals surface area contributed by atoms with Gasteiger partial charge in [0.15, 0.2) is 9.84 Å². The van der Waals surface area contributed by atoms with Crippen molar-refractivity contribution in [3.63, 3.8) is 0 Å². The van der Waals surface area contributed by atoms with Gasteiger partial charge in [-0.05, 0) is 93.6 Å². The van der Waals surface area contributed by atoms with Crippen molar-refractivity contribution in [1.82, 2.24) is 14.8 Å². The van der Waals surface area contributed by atoms with E-state index in [2.05, 4.69) is 20.1 Å². The Labute approximate surface area is 247 Å². The quantitative estimate of drug-likeness (QED) is 0.372. The van der Waals surface area contributed by atoms with Crippen LogP contribution in [0.1, 0.15) is 59.3 Å². The van der Waals surface area contributed by atoms with E-state index in [0.29, 0.717) is 28.8 Å². The summed E-state index contributed by atoms with van der Waals surface area (Å²) < 4.78 is 26.4. The summed E-state index contributed by atoms with van der Waals surface area (Å²) in [5.74, 6) is -0.248. The smallest absolute Gasteiger partial charge is 0.256 e. The molecule has 0 unspecified atom stereocenters. The molecule has 220 valence electrons. The Morgan fingerprint density at radius 1 is 1.02 bits per heavy atom. The summed E-state index contributed by atoms with van der Waals surface area (Å²) in [5.41, 5.74) is 5.78. The predicted molar refractivity (Wildman–Crippen MR) is 165 cm³/mol. The molecule has 1 aromatic heterocycles. The van der Waals surface area contributed by atoms with Gasteiger partial charge in [-0.1, -0.05) is 30.3 Å². The van der Waals surface area contributed by atoms with Gasteiger partial charge < -0.3 is 20.1 Å². The summed E-state index contributed by atoms with van der Waals surface area (Å²) in [6.45, 7) is 7.96. The SMILES string of the molecule is Cc1[nH]c(/C=C2\C(=O)Nc3ccc(S(=O)(=O)Cc4ccccc4)cc32)c(C)c1CC(=O)N1CCC[C@H]1CN1CCCC1. The molecule has 3 aliphatic rings. The molecule has 8 nitrogen and oxygen atoms in total. The zero-order valence-electron chi connectivity index (χ0n) is 24.3. The highest BCUT2D eigenvalue weighted by Crippen LogP contribution is 2.36. The van der Waals surface area contributed by atoms with E-state index >= 15 is 0 Å². The van der Waals surface area contributed by atoms with Crippen LogP contribution in [0.3, 0.4) is 0 Å². The number of nitrogens with one attached hydrogen (secondary N) is 2. The molecule has 2 N–H and O–H groups in total. The second-order valence-electron chi connectivity index (χ2n) is 11.8. The molecule has 3 aromatic rings. The average Bonchev–Trinajstić information content (AvgIpc) is 3.75. The number of hydrogen-bond acceptors (Lipinski definition) is 5. The van der Waals surface area contributed by atoms with Gasteiger partial charge in [-0.2, -0.15) is 0 Å². The number of carbonyl (C=O) groups is 2. The number of amides is 2. The molecule has 3 aliphatic heterocycles. The Morgan fingerprint density at radius 2 is 1.79 bits per heavy atom. The summed E-state index contributed by atoms with van der Waals surface area (Å²) in [6, 6.07) is 14.1. The zero-order valence-corrected chi connectivity index (χ0v) is 25.1. The first kappa shape index (κ1) is 28.4. The van der Waals surface area contributed by atoms with Gasteiger partial charge in [-0.25, -0.2) is 8.42 Å². The van der Waals surface area contributed by atoms with E-state index in [1.165, 1.54) is 12.8 Å². The van der Waals surface area contributed by atoms with Gasteiger partial charge in [0.05, 0.1) is 22.6 Å². The molecule has 0 radical (unpaired) electrons. The molecule has 0 bridgehead atoms. The van der Waals surface area contributed by atoms with Gasteiger partial charge in [0, 0.05) is 41.8 Å². The normalized spacial score (nSPS) is 20.0. The first-order valence-corrected chi connectivity index (χ1v) is 16.5. The van der Waals surface area contributed by atoms with E-state index < -0.39 is 9.84 Å². The number of anilines is 1. The number of sulfone groups is 1. The maximum atomic E-state index is 13.5. The van der Waals surface area contributed by atoms with Crippen molar-refractivity contribution in [2.75, 3.05) is 31.5 Å². The first-order valence-electron chi connectivity index (χ1n) is 14.8. The number of rotatable bonds is 8. The van der Waals surface area contributed by atoms with E-state index in [4.69, 9.17) is 0 Å². The summed E-state index contributed by atoms with van der Waals surface area (Å²) in [7, 11) is -3.61. The first-order chi connectivity index (χ1) is 20.2. The fraction of sp³-hybridized carbons (Fsp3) is 0.394. The van der Waals surface area contributed by atoms with Gasteiger partial charge >= 0.3 is 0 Å². The van der Waals surface area contributed by atoms with E-state index in [0.717, 1.165) is 61.5 Å². The van der Waals surface area contributed by atoms with Crippen molar-refractivity contribution in [3.8, 4) is 0 Å². The van der Waals surface area contributed by atoms with E-state index in [9.17, 15) is 18.0 Å². The highest BCUT2D eigenvalue weighted by atomic mass is 32.2. The number of aryl methyl sites for hydroxylation is 1. The summed E-state index contributed by atoms with van der Waals surface area (Å²) in [6.07, 6.45) is 6.68. The lowest BCUT2D eigenvalue weighted by Crippen LogP contribution is -2.43. The summed E-state index contributed by atoms with van der Waals surface area (Å²) in [5, 5.41) is 2.86. The molecule has 0 saturated carbocycles. The zero-order chi connectivity index (χ0) is 29.4. The monoisotopic (exact) mass is 586 g/mol. The molecule has 2 fully saturated rings. The summed E-state index contributed by atoms with van der Waals surface area (Å²) in [4.78, 5) is 34.6. The number of aromatic nitrogens is 1. The van der Waals surface area contributed by atoms with Crippen molar-refractivity contribution < 1.29 is 18.0 Å². The fourth-order valence-electron chi connectivity index (χ4n) is 6.62. The standard InChI is InChI=1S/C33H38N4O4S/c1-22-27(19-32(38)37-16-8-11-25(37)20-36-14-6-7-15-36)23(2)34-31(22)18-29-28-17-26(12-13-30(28)35-33(29)39)42(40,41)21-24-9-4-3-5-10-24/h3-5,9-10,12-13,17-18,25,34H,6-8,11,14-16,19-21H2,1-2H3,(H,35,39)/b29-18-/t25-/m0/s1. The van der Waals surface area contributed by atoms with Crippen LogP contribution in [-0.2, 0) is 31.6 Å². The Morgan fingerprint density at radius 3 is 2.55 bits per heavy atom. The van der Waals surface area contributed by atoms with Crippen LogP contribution in [-0.4, -0.2) is 67.2 Å². The highest BCUT2D eigenvalue weighted by Gasteiger charge is 2.32. The average molecular weight is 587 g/mol. The molecule has 6 rings (SSSR count). The molecule has 4 heterocycles. The van der Waals surface area contributed by atoms with Gasteiger partial charge in [-0.15, -0.1) is 0 Å². The van der Waals surface area contributed by atoms with Crippen LogP contribution >= 0.6 is 0 Å². The van der Waals surface area contributed by atoms with E-state index in [1.54, 1.807) is 36.4 Å². The number of carbonyl (C=O) groups excluding carboxylic acids is 2. The number of H-pyrrole nitrogens is 1. The topological polar surface area (TPSA) is 103 Å². The van der Waals surface area contributed by atoms with Crippen molar-refractivity contribution >= 4 is 39.0 Å². The number of likely N-dealkylation sites (tertiary alicyclic amines) is 2. The van der Waals surface area contributed by atoms with Crippen LogP contribution in [0, 0.1) is 13.8 Å². The molecule has 2 saturated heterocycles. The third-order valence-corrected chi connectivity index (χ3v) is 10.6. The van der Waals surface area contributed by atoms with E-state index in [-0.39, 0.29) is 28.5 Å². The summed E-state index contributed by atoms with van der Waals surface area (Å²) >= 11 is 0. The van der Waals surface area contributed by atoms with Gasteiger partial charge in [-0.3, -0.25) is 9.59 Å². The van der Waals surface area contributed by atoms with Crippen molar-refractivity contribution in [3.05, 3.63) is 82.2 Å². The Hall–Kier alpha value is -3.69. The lowest BCUT2D eigenvalue weighted by molar-refractivity contribution is -0.131. The molecule has 2 amide bonds. The van der Waals surface area contributed by atoms with Crippen LogP contribution in [0.2, 0.25) is 0 Å². The molecule has 9 heteroatoms. The molecule has 0 spiro atoms. The molecule has 1 atom stereocenters. The highest BCUT2D eigenvalue weighted by molar-refractivity contribution is 7.90. The fourth-order valence-corrected chi connectivity index (χ4v) is 7.99. The third-order valence-electron chi connectivity index (χ3n) is 8.95. The van der Waals surface area contributed by atoms with Gasteiger partial charge in [0.1, 0.15) is 0 Å². The van der Waals surface area contributed by atoms with Crippen LogP contribution in [0.15, 0.2) is 53.4 Å². The number of fused-ring (bicyclic) bond motifs is 1. The molecule has 42 heavy (non-hydrogen) atoms. The molecule has 2 aromatic carbocycles. The van der Waals surface area contributed by atoms with Crippen molar-refractivity contribution in [1.29, 1.82) is 0 Å². The maximum Gasteiger partial charge on any atom is 0.256 e. The number of benzene rings is 2. The molecular weight excluding hydrogens is 548 g/mol. The van der Waals surface area contributed by atoms with Crippen LogP contribution in [0.4, 0.5) is 5.69 Å². The van der Waals surface area contributed by atoms with Crippen LogP contribution in [0.5, 0.6) is 0 Å². The van der Waals surface area contributed by atoms with Crippen molar-refractivity contribution in [2.24, 2.45) is 0 Å². The number of nitrogens with zero attached hydrogens (tertiary/aromatic N) is 2. The number of aromatic amines is 1. The Balaban J connectivity index is 1.23. The minimum Gasteiger partial charge on any atom is -0.359 e. The molecular formula is C33H38N4O4S. The second kappa shape index (κ2) is 11.5. The maximum absolute atomic E-state index is 13.5. The van der Waals surface area contributed by atoms with E-state index in [1.807, 2.05) is 32.0 Å². The Kier molecular flexibility index (Phi) is 7.81. The minimum absolute atomic E-state index is 0.116. The second-order valence-corrected chi connectivity index (χ2v) is 13.8. The minimum atomic E-state index is -3.61. The lowest BCUT2D eigenvalue weighted by Gasteiger charge is -2.28. The van der Waals surface area contributed by atoms with Crippen LogP contribution in [0.25, 0.3) is 11.6 Å². The lowest BCUT2D eigenvalue weighted by atomic mass is 10.0. The predicted octanol–water partition coefficient (Wildman–Crippen LogP) is 4.73. The largest absolute Gasteiger partial charge is 0.359 e. The number of hydrogen-bond donors (Lipinski definition) is 2. The van der Waals surface area contributed by atoms with Gasteiger partial charge in [0.2, 0.25) is 5.91 Å². The molecule has 0 aliphatic carbocycles. The third kappa shape index (κ3) is 5.68.